The van der Waals surface area contributed by atoms with Crippen molar-refractivity contribution in [2.45, 2.75) is 18.8 Å². The first kappa shape index (κ1) is 24.7. The van der Waals surface area contributed by atoms with Gasteiger partial charge in [-0.05, 0) is 52.9 Å². The van der Waals surface area contributed by atoms with Gasteiger partial charge in [0.1, 0.15) is 12.4 Å². The lowest BCUT2D eigenvalue weighted by Crippen LogP contribution is -2.39. The Balaban J connectivity index is 1.50. The molecule has 2 aromatic rings. The van der Waals surface area contributed by atoms with Crippen LogP contribution in [0.3, 0.4) is 0 Å². The smallest absolute Gasteiger partial charge is 0.238 e. The number of carbonyl (C=O) groups is 4. The highest BCUT2D eigenvalue weighted by atomic mass is 79.9. The number of allylic oxidation sites excluding steroid dienone is 6. The van der Waals surface area contributed by atoms with E-state index in [1.165, 1.54) is 11.0 Å². The average molecular weight is 574 g/mol. The summed E-state index contributed by atoms with van der Waals surface area (Å²) in [5.74, 6) is -2.78. The lowest BCUT2D eigenvalue weighted by atomic mass is 9.59. The fourth-order valence-electron chi connectivity index (χ4n) is 6.40. The van der Waals surface area contributed by atoms with Crippen molar-refractivity contribution in [3.63, 3.8) is 0 Å². The number of anilines is 1. The molecule has 1 saturated heterocycles. The summed E-state index contributed by atoms with van der Waals surface area (Å²) in [6.45, 7) is -0.110. The Morgan fingerprint density at radius 2 is 1.68 bits per heavy atom. The Bertz CT molecular complexity index is 1470. The van der Waals surface area contributed by atoms with E-state index in [2.05, 4.69) is 15.9 Å². The molecule has 0 bridgehead atoms. The van der Waals surface area contributed by atoms with Gasteiger partial charge in [-0.25, -0.2) is 0 Å². The number of hydrogen-bond donors (Lipinski definition) is 1. The molecule has 0 aromatic heterocycles. The minimum absolute atomic E-state index is 0.0696. The molecule has 1 heterocycles. The number of aliphatic hydroxyl groups is 1. The Hall–Kier alpha value is -3.62. The van der Waals surface area contributed by atoms with E-state index in [-0.39, 0.29) is 47.5 Å². The van der Waals surface area contributed by atoms with Gasteiger partial charge in [0.15, 0.2) is 11.6 Å². The third-order valence-electron chi connectivity index (χ3n) is 7.92. The summed E-state index contributed by atoms with van der Waals surface area (Å²) in [6, 6.07) is 16.1. The van der Waals surface area contributed by atoms with Crippen LogP contribution < -0.4 is 9.64 Å². The lowest BCUT2D eigenvalue weighted by molar-refractivity contribution is -0.123. The number of nitrogens with zero attached hydrogens (tertiary/aromatic N) is 1. The van der Waals surface area contributed by atoms with Crippen LogP contribution in [0.25, 0.3) is 0 Å². The molecular weight excluding hydrogens is 550 g/mol. The van der Waals surface area contributed by atoms with E-state index >= 15 is 0 Å². The normalized spacial score (nSPS) is 26.5. The molecule has 0 spiro atoms. The van der Waals surface area contributed by atoms with E-state index in [9.17, 15) is 24.3 Å². The quantitative estimate of drug-likeness (QED) is 0.329. The van der Waals surface area contributed by atoms with Crippen molar-refractivity contribution in [1.82, 2.24) is 0 Å². The second kappa shape index (κ2) is 9.60. The molecule has 6 rings (SSSR count). The highest BCUT2D eigenvalue weighted by molar-refractivity contribution is 9.12. The second-order valence-electron chi connectivity index (χ2n) is 9.85. The molecular formula is C30H24BrNO6. The first-order valence-electron chi connectivity index (χ1n) is 12.6. The summed E-state index contributed by atoms with van der Waals surface area (Å²) in [5.41, 5.74) is 2.83. The Labute approximate surface area is 227 Å². The number of hydrogen-bond acceptors (Lipinski definition) is 6. The summed E-state index contributed by atoms with van der Waals surface area (Å²) < 4.78 is 6.02. The van der Waals surface area contributed by atoms with Gasteiger partial charge in [-0.3, -0.25) is 24.1 Å². The highest BCUT2D eigenvalue weighted by Crippen LogP contribution is 2.56. The van der Waals surface area contributed by atoms with E-state index in [0.717, 1.165) is 5.57 Å². The summed E-state index contributed by atoms with van der Waals surface area (Å²) in [7, 11) is 0. The molecule has 0 saturated carbocycles. The van der Waals surface area contributed by atoms with Gasteiger partial charge in [0.05, 0.1) is 28.6 Å². The summed E-state index contributed by atoms with van der Waals surface area (Å²) in [5, 5.41) is 9.35. The van der Waals surface area contributed by atoms with Crippen LogP contribution in [-0.4, -0.2) is 41.7 Å². The van der Waals surface area contributed by atoms with Crippen LogP contribution in [0.2, 0.25) is 0 Å². The molecule has 2 amide bonds. The fraction of sp³-hybridized carbons (Fsp3) is 0.267. The Kier molecular flexibility index (Phi) is 6.24. The first-order valence-corrected chi connectivity index (χ1v) is 13.4. The highest BCUT2D eigenvalue weighted by Gasteiger charge is 2.56. The molecule has 0 radical (unpaired) electrons. The maximum atomic E-state index is 13.9. The molecule has 1 N–H and O–H groups in total. The van der Waals surface area contributed by atoms with Crippen LogP contribution in [0.1, 0.15) is 24.3 Å². The van der Waals surface area contributed by atoms with E-state index < -0.39 is 23.7 Å². The number of benzene rings is 2. The van der Waals surface area contributed by atoms with E-state index in [1.54, 1.807) is 36.4 Å². The monoisotopic (exact) mass is 573 g/mol. The van der Waals surface area contributed by atoms with Gasteiger partial charge in [-0.15, -0.1) is 0 Å². The van der Waals surface area contributed by atoms with Crippen molar-refractivity contribution in [2.24, 2.45) is 17.8 Å². The van der Waals surface area contributed by atoms with Crippen molar-refractivity contribution < 1.29 is 29.0 Å². The van der Waals surface area contributed by atoms with Crippen molar-refractivity contribution >= 4 is 45.0 Å². The van der Waals surface area contributed by atoms with Gasteiger partial charge >= 0.3 is 0 Å². The van der Waals surface area contributed by atoms with Crippen molar-refractivity contribution in [2.75, 3.05) is 18.1 Å². The number of rotatable bonds is 5. The molecule has 1 aliphatic heterocycles. The standard InChI is InChI=1S/C30H24BrNO6/c31-22-15-23(34)27-21(28(22)35)14-20-17(25(27)18-8-4-5-9-24(18)38-13-12-33)10-11-19-26(20)30(37)32(29(19)36)16-6-2-1-3-7-16/h1-10,15,19-20,25-26,33H,11-14H2/t19-,20+,25+,26-/m0/s1. The van der Waals surface area contributed by atoms with E-state index in [4.69, 9.17) is 4.74 Å². The Morgan fingerprint density at radius 3 is 2.45 bits per heavy atom. The number of amides is 2. The molecule has 7 nitrogen and oxygen atoms in total. The molecule has 4 aliphatic rings. The van der Waals surface area contributed by atoms with E-state index in [1.807, 2.05) is 24.3 Å². The minimum Gasteiger partial charge on any atom is -0.491 e. The van der Waals surface area contributed by atoms with Crippen LogP contribution in [0.5, 0.6) is 5.75 Å². The number of carbonyl (C=O) groups excluding carboxylic acids is 4. The number of halogens is 1. The number of ketones is 2. The summed E-state index contributed by atoms with van der Waals surface area (Å²) >= 11 is 3.25. The molecule has 8 heteroatoms. The van der Waals surface area contributed by atoms with Crippen molar-refractivity contribution in [3.05, 3.63) is 93.5 Å². The SMILES string of the molecule is O=C1C=C(Br)C(=O)C2=C1[C@@H](c1ccccc1OCCO)C1=CC[C@@H]3C(=O)N(c4ccccc4)C(=O)[C@@H]3[C@@H]1C2. The predicted octanol–water partition coefficient (Wildman–Crippen LogP) is 4.02. The van der Waals surface area contributed by atoms with E-state index in [0.29, 0.717) is 34.6 Å². The number of imide groups is 1. The minimum atomic E-state index is -0.641. The van der Waals surface area contributed by atoms with Gasteiger partial charge in [0, 0.05) is 28.7 Å². The maximum Gasteiger partial charge on any atom is 0.238 e. The van der Waals surface area contributed by atoms with Crippen molar-refractivity contribution in [1.29, 1.82) is 0 Å². The fourth-order valence-corrected chi connectivity index (χ4v) is 6.85. The van der Waals surface area contributed by atoms with Crippen LogP contribution in [0.4, 0.5) is 5.69 Å². The molecule has 1 fully saturated rings. The second-order valence-corrected chi connectivity index (χ2v) is 10.7. The third kappa shape index (κ3) is 3.74. The zero-order valence-corrected chi connectivity index (χ0v) is 21.9. The zero-order valence-electron chi connectivity index (χ0n) is 20.3. The van der Waals surface area contributed by atoms with Crippen LogP contribution in [-0.2, 0) is 19.2 Å². The third-order valence-corrected chi connectivity index (χ3v) is 8.51. The largest absolute Gasteiger partial charge is 0.491 e. The zero-order chi connectivity index (χ0) is 26.6. The van der Waals surface area contributed by atoms with Crippen LogP contribution >= 0.6 is 15.9 Å². The number of fused-ring (bicyclic) bond motifs is 3. The molecule has 0 unspecified atom stereocenters. The predicted molar refractivity (Wildman–Crippen MR) is 143 cm³/mol. The molecule has 38 heavy (non-hydrogen) atoms. The van der Waals surface area contributed by atoms with Gasteiger partial charge in [0.25, 0.3) is 0 Å². The number of Topliss-reactive ketones (excluding diaryl/α,β-unsaturated/α-hetero) is 1. The summed E-state index contributed by atoms with van der Waals surface area (Å²) in [4.78, 5) is 55.4. The Morgan fingerprint density at radius 1 is 0.947 bits per heavy atom. The van der Waals surface area contributed by atoms with Gasteiger partial charge in [-0.2, -0.15) is 0 Å². The van der Waals surface area contributed by atoms with Crippen LogP contribution in [0, 0.1) is 17.8 Å². The molecule has 3 aliphatic carbocycles. The number of aliphatic hydroxyl groups excluding tert-OH is 1. The topological polar surface area (TPSA) is 101 Å². The molecule has 2 aromatic carbocycles. The van der Waals surface area contributed by atoms with Gasteiger partial charge in [0.2, 0.25) is 11.8 Å². The number of para-hydroxylation sites is 2. The first-order chi connectivity index (χ1) is 18.4. The average Bonchev–Trinajstić information content (AvgIpc) is 3.19. The maximum absolute atomic E-state index is 13.9. The van der Waals surface area contributed by atoms with Gasteiger partial charge in [-0.1, -0.05) is 48.0 Å². The van der Waals surface area contributed by atoms with Gasteiger partial charge < -0.3 is 9.84 Å². The molecule has 192 valence electrons. The van der Waals surface area contributed by atoms with Crippen LogP contribution in [0.15, 0.2) is 88.0 Å². The van der Waals surface area contributed by atoms with Crippen molar-refractivity contribution in [3.8, 4) is 5.75 Å². The lowest BCUT2D eigenvalue weighted by Gasteiger charge is -2.42. The summed E-state index contributed by atoms with van der Waals surface area (Å²) in [6.07, 6.45) is 3.85. The molecule has 4 atom stereocenters. The number of ether oxygens (including phenoxy) is 1.